The smallest absolute Gasteiger partial charge is 0.164 e. The van der Waals surface area contributed by atoms with Gasteiger partial charge < -0.3 is 0 Å². The minimum absolute atomic E-state index is 0.587. The van der Waals surface area contributed by atoms with Crippen molar-refractivity contribution in [2.45, 2.75) is 0 Å². The third kappa shape index (κ3) is 7.76. The van der Waals surface area contributed by atoms with E-state index in [0.717, 1.165) is 83.5 Å². The van der Waals surface area contributed by atoms with Gasteiger partial charge in [-0.15, -0.1) is 0 Å². The van der Waals surface area contributed by atoms with Crippen molar-refractivity contribution in [3.8, 4) is 101 Å². The van der Waals surface area contributed by atoms with Crippen molar-refractivity contribution in [1.29, 1.82) is 0 Å². The van der Waals surface area contributed by atoms with Crippen LogP contribution >= 0.6 is 0 Å². The van der Waals surface area contributed by atoms with Crippen molar-refractivity contribution >= 4 is 0 Å². The Morgan fingerprint density at radius 1 is 0.200 bits per heavy atom. The summed E-state index contributed by atoms with van der Waals surface area (Å²) in [6.07, 6.45) is 7.42. The third-order valence-corrected chi connectivity index (χ3v) is 10.7. The van der Waals surface area contributed by atoms with E-state index in [1.807, 2.05) is 42.7 Å². The number of aromatic nitrogens is 5. The Morgan fingerprint density at radius 2 is 0.467 bits per heavy atom. The summed E-state index contributed by atoms with van der Waals surface area (Å²) >= 11 is 0. The Bertz CT molecular complexity index is 2870. The zero-order valence-electron chi connectivity index (χ0n) is 32.6. The Kier molecular flexibility index (Phi) is 9.88. The molecule has 0 saturated heterocycles. The van der Waals surface area contributed by atoms with Crippen molar-refractivity contribution < 1.29 is 0 Å². The van der Waals surface area contributed by atoms with Crippen LogP contribution in [-0.2, 0) is 0 Å². The molecule has 0 aliphatic carbocycles. The summed E-state index contributed by atoms with van der Waals surface area (Å²) in [5.41, 5.74) is 15.7. The number of hydrogen-bond donors (Lipinski definition) is 0. The van der Waals surface area contributed by atoms with Crippen LogP contribution in [0.5, 0.6) is 0 Å². The molecule has 60 heavy (non-hydrogen) atoms. The van der Waals surface area contributed by atoms with Gasteiger partial charge in [0.05, 0.1) is 0 Å². The molecule has 0 amide bonds. The topological polar surface area (TPSA) is 64.5 Å². The molecule has 0 N–H and O–H groups in total. The van der Waals surface area contributed by atoms with Crippen molar-refractivity contribution in [3.05, 3.63) is 225 Å². The van der Waals surface area contributed by atoms with Gasteiger partial charge in [-0.1, -0.05) is 152 Å². The second kappa shape index (κ2) is 16.4. The summed E-state index contributed by atoms with van der Waals surface area (Å²) in [5.74, 6) is 1.79. The highest BCUT2D eigenvalue weighted by Crippen LogP contribution is 2.37. The van der Waals surface area contributed by atoms with Crippen LogP contribution in [0, 0.1) is 0 Å². The number of nitrogens with zero attached hydrogens (tertiary/aromatic N) is 5. The van der Waals surface area contributed by atoms with Crippen LogP contribution in [-0.4, -0.2) is 24.9 Å². The predicted octanol–water partition coefficient (Wildman–Crippen LogP) is 13.7. The molecule has 3 heterocycles. The molecule has 10 rings (SSSR count). The summed E-state index contributed by atoms with van der Waals surface area (Å²) in [6.45, 7) is 0. The Hall–Kier alpha value is -8.15. The Balaban J connectivity index is 1.15. The van der Waals surface area contributed by atoms with Crippen molar-refractivity contribution in [2.24, 2.45) is 0 Å². The first-order valence-electron chi connectivity index (χ1n) is 20.0. The highest BCUT2D eigenvalue weighted by atomic mass is 15.0. The van der Waals surface area contributed by atoms with Gasteiger partial charge in [0.25, 0.3) is 0 Å². The lowest BCUT2D eigenvalue weighted by atomic mass is 9.91. The van der Waals surface area contributed by atoms with Gasteiger partial charge in [0.15, 0.2) is 17.5 Å². The first-order valence-corrected chi connectivity index (χ1v) is 20.0. The van der Waals surface area contributed by atoms with Crippen LogP contribution < -0.4 is 0 Å². The van der Waals surface area contributed by atoms with Crippen LogP contribution in [0.15, 0.2) is 225 Å². The zero-order valence-corrected chi connectivity index (χ0v) is 32.6. The van der Waals surface area contributed by atoms with E-state index in [1.165, 1.54) is 0 Å². The highest BCUT2D eigenvalue weighted by Gasteiger charge is 2.17. The van der Waals surface area contributed by atoms with Gasteiger partial charge in [-0.25, -0.2) is 15.0 Å². The fourth-order valence-electron chi connectivity index (χ4n) is 7.56. The molecule has 0 radical (unpaired) electrons. The molecule has 282 valence electrons. The molecular formula is C55H37N5. The lowest BCUT2D eigenvalue weighted by Gasteiger charge is -2.15. The minimum Gasteiger partial charge on any atom is -0.264 e. The molecule has 0 fully saturated rings. The normalized spacial score (nSPS) is 11.0. The Labute approximate surface area is 349 Å². The molecule has 3 aromatic heterocycles. The molecule has 0 unspecified atom stereocenters. The standard InChI is InChI=1S/C55H37N5/c1-4-12-38(13-5-1)41-20-24-43(25-21-41)53-58-54(44-26-22-42(23-27-44)39-14-6-2-7-15-39)60-55(59-53)52-34-47(40-16-8-3-9-17-40)30-51(35-52)50-32-48(45-18-10-28-56-36-45)31-49(33-50)46-19-11-29-57-37-46/h1-37H. The van der Waals surface area contributed by atoms with Crippen LogP contribution in [0.3, 0.4) is 0 Å². The molecule has 0 saturated carbocycles. The van der Waals surface area contributed by atoms with Crippen LogP contribution in [0.2, 0.25) is 0 Å². The maximum Gasteiger partial charge on any atom is 0.164 e. The number of hydrogen-bond acceptors (Lipinski definition) is 5. The average Bonchev–Trinajstić information content (AvgIpc) is 3.35. The first kappa shape index (κ1) is 36.2. The second-order valence-corrected chi connectivity index (χ2v) is 14.6. The van der Waals surface area contributed by atoms with E-state index >= 15 is 0 Å². The summed E-state index contributed by atoms with van der Waals surface area (Å²) in [4.78, 5) is 24.5. The van der Waals surface area contributed by atoms with E-state index in [1.54, 1.807) is 12.4 Å². The summed E-state index contributed by atoms with van der Waals surface area (Å²) in [5, 5.41) is 0. The summed E-state index contributed by atoms with van der Waals surface area (Å²) < 4.78 is 0. The second-order valence-electron chi connectivity index (χ2n) is 14.6. The monoisotopic (exact) mass is 767 g/mol. The summed E-state index contributed by atoms with van der Waals surface area (Å²) in [7, 11) is 0. The van der Waals surface area contributed by atoms with E-state index in [0.29, 0.717) is 17.5 Å². The first-order chi connectivity index (χ1) is 29.7. The van der Waals surface area contributed by atoms with Crippen LogP contribution in [0.1, 0.15) is 0 Å². The van der Waals surface area contributed by atoms with Gasteiger partial charge in [0, 0.05) is 52.6 Å². The third-order valence-electron chi connectivity index (χ3n) is 10.7. The lowest BCUT2D eigenvalue weighted by molar-refractivity contribution is 1.07. The quantitative estimate of drug-likeness (QED) is 0.146. The van der Waals surface area contributed by atoms with Gasteiger partial charge in [0.2, 0.25) is 0 Å². The maximum atomic E-state index is 5.23. The van der Waals surface area contributed by atoms with Gasteiger partial charge in [-0.2, -0.15) is 0 Å². The molecule has 0 spiro atoms. The molecule has 0 bridgehead atoms. The van der Waals surface area contributed by atoms with Gasteiger partial charge >= 0.3 is 0 Å². The molecule has 5 heteroatoms. The highest BCUT2D eigenvalue weighted by molar-refractivity contribution is 5.85. The van der Waals surface area contributed by atoms with E-state index in [9.17, 15) is 0 Å². The zero-order chi connectivity index (χ0) is 40.1. The molecule has 10 aromatic rings. The van der Waals surface area contributed by atoms with Gasteiger partial charge in [-0.3, -0.25) is 9.97 Å². The SMILES string of the molecule is c1ccc(-c2ccc(-c3nc(-c4ccc(-c5ccccc5)cc4)nc(-c4cc(-c5ccccc5)cc(-c5cc(-c6cccnc6)cc(-c6cccnc6)c5)c4)n3)cc2)cc1. The molecule has 7 aromatic carbocycles. The van der Waals surface area contributed by atoms with Crippen LogP contribution in [0.4, 0.5) is 0 Å². The van der Waals surface area contributed by atoms with Gasteiger partial charge in [0.1, 0.15) is 0 Å². The van der Waals surface area contributed by atoms with E-state index < -0.39 is 0 Å². The van der Waals surface area contributed by atoms with Crippen molar-refractivity contribution in [2.75, 3.05) is 0 Å². The Morgan fingerprint density at radius 3 is 0.833 bits per heavy atom. The molecule has 0 aliphatic rings. The number of pyridine rings is 2. The average molecular weight is 768 g/mol. The van der Waals surface area contributed by atoms with Gasteiger partial charge in [-0.05, 0) is 104 Å². The van der Waals surface area contributed by atoms with E-state index in [2.05, 4.69) is 180 Å². The minimum atomic E-state index is 0.587. The van der Waals surface area contributed by atoms with Crippen molar-refractivity contribution in [3.63, 3.8) is 0 Å². The van der Waals surface area contributed by atoms with Crippen LogP contribution in [0.25, 0.3) is 101 Å². The molecular weight excluding hydrogens is 731 g/mol. The van der Waals surface area contributed by atoms with Crippen molar-refractivity contribution in [1.82, 2.24) is 24.9 Å². The molecule has 0 atom stereocenters. The number of benzene rings is 7. The molecule has 5 nitrogen and oxygen atoms in total. The lowest BCUT2D eigenvalue weighted by Crippen LogP contribution is -2.01. The number of rotatable bonds is 9. The summed E-state index contributed by atoms with van der Waals surface area (Å²) in [6, 6.07) is 69.6. The van der Waals surface area contributed by atoms with E-state index in [4.69, 9.17) is 15.0 Å². The largest absolute Gasteiger partial charge is 0.264 e. The fourth-order valence-corrected chi connectivity index (χ4v) is 7.56. The fraction of sp³-hybridized carbons (Fsp3) is 0. The predicted molar refractivity (Wildman–Crippen MR) is 244 cm³/mol. The molecule has 0 aliphatic heterocycles. The maximum absolute atomic E-state index is 5.23. The van der Waals surface area contributed by atoms with E-state index in [-0.39, 0.29) is 0 Å².